The van der Waals surface area contributed by atoms with Gasteiger partial charge in [-0.05, 0) is 37.8 Å². The zero-order valence-corrected chi connectivity index (χ0v) is 14.8. The molecule has 2 saturated heterocycles. The lowest BCUT2D eigenvalue weighted by Crippen LogP contribution is -2.44. The van der Waals surface area contributed by atoms with Crippen molar-refractivity contribution in [2.45, 2.75) is 44.8 Å². The summed E-state index contributed by atoms with van der Waals surface area (Å²) in [6, 6.07) is 7.31. The van der Waals surface area contributed by atoms with Crippen molar-refractivity contribution in [1.29, 1.82) is 0 Å². The fourth-order valence-electron chi connectivity index (χ4n) is 3.13. The number of hydrogen-bond donors (Lipinski definition) is 1. The van der Waals surface area contributed by atoms with Crippen molar-refractivity contribution in [1.82, 2.24) is 4.90 Å². The van der Waals surface area contributed by atoms with Crippen LogP contribution in [-0.2, 0) is 14.3 Å². The Morgan fingerprint density at radius 1 is 1.38 bits per heavy atom. The molecule has 1 aromatic carbocycles. The number of nitrogens with one attached hydrogen (secondary N) is 1. The van der Waals surface area contributed by atoms with Gasteiger partial charge in [0.2, 0.25) is 11.8 Å². The number of anilines is 1. The molecule has 24 heavy (non-hydrogen) atoms. The van der Waals surface area contributed by atoms with E-state index in [0.29, 0.717) is 18.1 Å². The number of rotatable bonds is 5. The molecule has 2 aliphatic heterocycles. The predicted molar refractivity (Wildman–Crippen MR) is 96.0 cm³/mol. The van der Waals surface area contributed by atoms with Crippen molar-refractivity contribution in [2.75, 3.05) is 23.6 Å². The van der Waals surface area contributed by atoms with E-state index in [2.05, 4.69) is 5.32 Å². The van der Waals surface area contributed by atoms with Crippen molar-refractivity contribution < 1.29 is 14.3 Å². The molecule has 1 N–H and O–H groups in total. The van der Waals surface area contributed by atoms with Gasteiger partial charge >= 0.3 is 0 Å². The highest BCUT2D eigenvalue weighted by atomic mass is 32.2. The second-order valence-electron chi connectivity index (χ2n) is 6.36. The normalized spacial score (nSPS) is 23.5. The van der Waals surface area contributed by atoms with Gasteiger partial charge in [-0.15, -0.1) is 11.8 Å². The van der Waals surface area contributed by atoms with Crippen LogP contribution in [0.1, 0.15) is 31.2 Å². The summed E-state index contributed by atoms with van der Waals surface area (Å²) in [7, 11) is 0. The first-order chi connectivity index (χ1) is 11.6. The third-order valence-electron chi connectivity index (χ3n) is 4.61. The number of para-hydroxylation sites is 1. The Bertz CT molecular complexity index is 602. The van der Waals surface area contributed by atoms with Crippen molar-refractivity contribution in [3.05, 3.63) is 29.8 Å². The number of aryl methyl sites for hydroxylation is 1. The lowest BCUT2D eigenvalue weighted by molar-refractivity contribution is -0.136. The Kier molecular flexibility index (Phi) is 5.79. The van der Waals surface area contributed by atoms with Gasteiger partial charge in [0.05, 0.1) is 12.0 Å². The molecule has 2 aliphatic rings. The van der Waals surface area contributed by atoms with Crippen LogP contribution in [0.2, 0.25) is 0 Å². The summed E-state index contributed by atoms with van der Waals surface area (Å²) < 4.78 is 5.58. The number of hydrogen-bond acceptors (Lipinski definition) is 4. The molecule has 2 atom stereocenters. The minimum atomic E-state index is -0.383. The summed E-state index contributed by atoms with van der Waals surface area (Å²) in [4.78, 5) is 26.8. The second-order valence-corrected chi connectivity index (χ2v) is 7.36. The molecule has 2 unspecified atom stereocenters. The maximum absolute atomic E-state index is 12.6. The van der Waals surface area contributed by atoms with Crippen LogP contribution in [0.4, 0.5) is 5.69 Å². The first-order valence-corrected chi connectivity index (χ1v) is 9.66. The molecule has 2 fully saturated rings. The molecule has 130 valence electrons. The Hall–Kier alpha value is -1.53. The average Bonchev–Trinajstić information content (AvgIpc) is 3.26. The van der Waals surface area contributed by atoms with Gasteiger partial charge in [-0.25, -0.2) is 0 Å². The second kappa shape index (κ2) is 8.03. The minimum Gasteiger partial charge on any atom is -0.378 e. The number of benzene rings is 1. The Balaban J connectivity index is 1.56. The van der Waals surface area contributed by atoms with Gasteiger partial charge in [0.15, 0.2) is 0 Å². The van der Waals surface area contributed by atoms with E-state index in [1.54, 1.807) is 16.7 Å². The molecule has 2 heterocycles. The number of amides is 2. The minimum absolute atomic E-state index is 0.0560. The van der Waals surface area contributed by atoms with E-state index >= 15 is 0 Å². The van der Waals surface area contributed by atoms with Crippen molar-refractivity contribution in [2.24, 2.45) is 0 Å². The van der Waals surface area contributed by atoms with Gasteiger partial charge in [0, 0.05) is 24.5 Å². The first kappa shape index (κ1) is 17.3. The molecular formula is C18H24N2O3S. The van der Waals surface area contributed by atoms with E-state index in [9.17, 15) is 9.59 Å². The van der Waals surface area contributed by atoms with Gasteiger partial charge in [-0.2, -0.15) is 0 Å². The quantitative estimate of drug-likeness (QED) is 0.889. The monoisotopic (exact) mass is 348 g/mol. The fourth-order valence-corrected chi connectivity index (χ4v) is 4.32. The molecular weight excluding hydrogens is 324 g/mol. The molecule has 0 spiro atoms. The van der Waals surface area contributed by atoms with Gasteiger partial charge in [-0.3, -0.25) is 9.59 Å². The van der Waals surface area contributed by atoms with Crippen LogP contribution < -0.4 is 5.32 Å². The maximum atomic E-state index is 12.6. The van der Waals surface area contributed by atoms with E-state index in [-0.39, 0.29) is 24.0 Å². The number of carbonyl (C=O) groups is 2. The SMILES string of the molecule is Cc1ccccc1NC(=O)C1CSCN1C(=O)CCC1CCCO1. The maximum Gasteiger partial charge on any atom is 0.248 e. The van der Waals surface area contributed by atoms with Crippen molar-refractivity contribution >= 4 is 29.3 Å². The lowest BCUT2D eigenvalue weighted by atomic mass is 10.1. The molecule has 5 nitrogen and oxygen atoms in total. The van der Waals surface area contributed by atoms with E-state index in [1.165, 1.54) is 0 Å². The summed E-state index contributed by atoms with van der Waals surface area (Å²) >= 11 is 1.63. The van der Waals surface area contributed by atoms with E-state index in [0.717, 1.165) is 37.1 Å². The highest BCUT2D eigenvalue weighted by molar-refractivity contribution is 7.99. The highest BCUT2D eigenvalue weighted by Crippen LogP contribution is 2.25. The molecule has 2 amide bonds. The smallest absolute Gasteiger partial charge is 0.248 e. The number of carbonyl (C=O) groups excluding carboxylic acids is 2. The van der Waals surface area contributed by atoms with Gasteiger partial charge in [0.25, 0.3) is 0 Å². The van der Waals surface area contributed by atoms with Crippen LogP contribution in [0.3, 0.4) is 0 Å². The number of ether oxygens (including phenoxy) is 1. The van der Waals surface area contributed by atoms with Crippen LogP contribution in [0.15, 0.2) is 24.3 Å². The van der Waals surface area contributed by atoms with E-state index < -0.39 is 0 Å². The predicted octanol–water partition coefficient (Wildman–Crippen LogP) is 2.79. The molecule has 0 aliphatic carbocycles. The number of nitrogens with zero attached hydrogens (tertiary/aromatic N) is 1. The summed E-state index contributed by atoms with van der Waals surface area (Å²) in [6.07, 6.45) is 3.55. The standard InChI is InChI=1S/C18H24N2O3S/c1-13-5-2-3-7-15(13)19-18(22)16-11-24-12-20(16)17(21)9-8-14-6-4-10-23-14/h2-3,5,7,14,16H,4,6,8-12H2,1H3,(H,19,22). The number of thioether (sulfide) groups is 1. The Labute approximate surface area is 147 Å². The zero-order chi connectivity index (χ0) is 16.9. The third-order valence-corrected chi connectivity index (χ3v) is 5.62. The lowest BCUT2D eigenvalue weighted by Gasteiger charge is -2.24. The summed E-state index contributed by atoms with van der Waals surface area (Å²) in [5.74, 6) is 1.21. The third kappa shape index (κ3) is 4.11. The van der Waals surface area contributed by atoms with Crippen molar-refractivity contribution in [3.8, 4) is 0 Å². The topological polar surface area (TPSA) is 58.6 Å². The molecule has 0 bridgehead atoms. The van der Waals surface area contributed by atoms with Crippen molar-refractivity contribution in [3.63, 3.8) is 0 Å². The van der Waals surface area contributed by atoms with Crippen LogP contribution in [0, 0.1) is 6.92 Å². The van der Waals surface area contributed by atoms with Crippen LogP contribution in [-0.4, -0.2) is 47.1 Å². The Morgan fingerprint density at radius 3 is 2.96 bits per heavy atom. The molecule has 0 radical (unpaired) electrons. The molecule has 3 rings (SSSR count). The summed E-state index contributed by atoms with van der Waals surface area (Å²) in [5.41, 5.74) is 1.83. The molecule has 6 heteroatoms. The molecule has 0 aromatic heterocycles. The first-order valence-electron chi connectivity index (χ1n) is 8.50. The van der Waals surface area contributed by atoms with Crippen LogP contribution >= 0.6 is 11.8 Å². The van der Waals surface area contributed by atoms with E-state index in [1.807, 2.05) is 31.2 Å². The fraction of sp³-hybridized carbons (Fsp3) is 0.556. The van der Waals surface area contributed by atoms with Gasteiger partial charge < -0.3 is 15.0 Å². The van der Waals surface area contributed by atoms with Gasteiger partial charge in [0.1, 0.15) is 6.04 Å². The zero-order valence-electron chi connectivity index (χ0n) is 14.0. The molecule has 0 saturated carbocycles. The Morgan fingerprint density at radius 2 is 2.21 bits per heavy atom. The highest BCUT2D eigenvalue weighted by Gasteiger charge is 2.34. The summed E-state index contributed by atoms with van der Waals surface area (Å²) in [6.45, 7) is 2.77. The van der Waals surface area contributed by atoms with Gasteiger partial charge in [-0.1, -0.05) is 18.2 Å². The largest absolute Gasteiger partial charge is 0.378 e. The van der Waals surface area contributed by atoms with E-state index in [4.69, 9.17) is 4.74 Å². The average molecular weight is 348 g/mol. The van der Waals surface area contributed by atoms with Crippen LogP contribution in [0.5, 0.6) is 0 Å². The van der Waals surface area contributed by atoms with Crippen LogP contribution in [0.25, 0.3) is 0 Å². The molecule has 1 aromatic rings. The summed E-state index contributed by atoms with van der Waals surface area (Å²) in [5, 5.41) is 2.96.